The van der Waals surface area contributed by atoms with Crippen molar-refractivity contribution in [3.8, 4) is 11.5 Å². The van der Waals surface area contributed by atoms with Gasteiger partial charge in [-0.3, -0.25) is 4.79 Å². The maximum atomic E-state index is 12.2. The molecular weight excluding hydrogens is 340 g/mol. The number of carbonyl (C=O) groups excluding carboxylic acids is 1. The van der Waals surface area contributed by atoms with Gasteiger partial charge in [0.2, 0.25) is 0 Å². The predicted octanol–water partition coefficient (Wildman–Crippen LogP) is 5.06. The summed E-state index contributed by atoms with van der Waals surface area (Å²) in [5.74, 6) is 1.82. The number of rotatable bonds is 4. The van der Waals surface area contributed by atoms with Crippen LogP contribution in [0.15, 0.2) is 12.1 Å². The molecule has 2 fully saturated rings. The molecule has 2 saturated carbocycles. The number of hydrogen-bond donors (Lipinski definition) is 2. The monoisotopic (exact) mass is 372 g/mol. The van der Waals surface area contributed by atoms with Crippen molar-refractivity contribution in [2.24, 2.45) is 17.3 Å². The molecule has 148 valence electrons. The second kappa shape index (κ2) is 7.03. The molecule has 5 atom stereocenters. The van der Waals surface area contributed by atoms with E-state index in [1.807, 2.05) is 6.07 Å². The summed E-state index contributed by atoms with van der Waals surface area (Å²) < 4.78 is 5.95. The van der Waals surface area contributed by atoms with Crippen LogP contribution in [-0.2, 0) is 16.0 Å². The van der Waals surface area contributed by atoms with Gasteiger partial charge >= 0.3 is 5.97 Å². The van der Waals surface area contributed by atoms with Crippen molar-refractivity contribution >= 4 is 5.97 Å². The number of esters is 1. The normalized spacial score (nSPS) is 34.4. The van der Waals surface area contributed by atoms with Crippen LogP contribution in [0.4, 0.5) is 0 Å². The first-order valence-corrected chi connectivity index (χ1v) is 10.7. The Morgan fingerprint density at radius 1 is 1.22 bits per heavy atom. The Labute approximate surface area is 161 Å². The number of ether oxygens (including phenoxy) is 1. The van der Waals surface area contributed by atoms with Gasteiger partial charge in [-0.2, -0.15) is 0 Å². The van der Waals surface area contributed by atoms with Crippen molar-refractivity contribution in [2.75, 3.05) is 0 Å². The third-order valence-corrected chi connectivity index (χ3v) is 7.70. The highest BCUT2D eigenvalue weighted by Crippen LogP contribution is 2.62. The molecule has 3 aliphatic carbocycles. The molecule has 4 heteroatoms. The van der Waals surface area contributed by atoms with E-state index in [9.17, 15) is 15.0 Å². The summed E-state index contributed by atoms with van der Waals surface area (Å²) in [4.78, 5) is 12.2. The van der Waals surface area contributed by atoms with Crippen LogP contribution < -0.4 is 0 Å². The Hall–Kier alpha value is -1.71. The zero-order valence-electron chi connectivity index (χ0n) is 16.5. The predicted molar refractivity (Wildman–Crippen MR) is 104 cm³/mol. The molecule has 0 spiro atoms. The zero-order chi connectivity index (χ0) is 19.2. The molecule has 0 bridgehead atoms. The molecule has 27 heavy (non-hydrogen) atoms. The Morgan fingerprint density at radius 2 is 2.04 bits per heavy atom. The summed E-state index contributed by atoms with van der Waals surface area (Å²) in [6.45, 7) is 4.42. The maximum Gasteiger partial charge on any atom is 0.306 e. The average Bonchev–Trinajstić information content (AvgIpc) is 2.95. The quantitative estimate of drug-likeness (QED) is 0.725. The van der Waals surface area contributed by atoms with Crippen molar-refractivity contribution in [3.63, 3.8) is 0 Å². The molecule has 2 N–H and O–H groups in total. The van der Waals surface area contributed by atoms with Gasteiger partial charge in [0.15, 0.2) is 0 Å². The highest BCUT2D eigenvalue weighted by molar-refractivity contribution is 5.69. The molecule has 0 heterocycles. The minimum atomic E-state index is -0.0343. The molecule has 0 amide bonds. The molecule has 4 nitrogen and oxygen atoms in total. The van der Waals surface area contributed by atoms with Crippen LogP contribution in [0.3, 0.4) is 0 Å². The summed E-state index contributed by atoms with van der Waals surface area (Å²) in [7, 11) is 0. The highest BCUT2D eigenvalue weighted by Gasteiger charge is 2.56. The van der Waals surface area contributed by atoms with Crippen LogP contribution in [0.25, 0.3) is 0 Å². The van der Waals surface area contributed by atoms with Crippen LogP contribution in [0.5, 0.6) is 11.5 Å². The average molecular weight is 373 g/mol. The van der Waals surface area contributed by atoms with Gasteiger partial charge in [0.1, 0.15) is 17.6 Å². The lowest BCUT2D eigenvalue weighted by atomic mass is 9.55. The van der Waals surface area contributed by atoms with E-state index in [1.165, 1.54) is 6.07 Å². The number of phenolic OH excluding ortho intramolecular Hbond substituents is 2. The summed E-state index contributed by atoms with van der Waals surface area (Å²) in [5.41, 5.74) is 2.24. The van der Waals surface area contributed by atoms with Gasteiger partial charge in [-0.15, -0.1) is 0 Å². The van der Waals surface area contributed by atoms with E-state index in [0.29, 0.717) is 24.2 Å². The van der Waals surface area contributed by atoms with Gasteiger partial charge < -0.3 is 14.9 Å². The van der Waals surface area contributed by atoms with Crippen molar-refractivity contribution < 1.29 is 19.7 Å². The van der Waals surface area contributed by atoms with Gasteiger partial charge in [0.05, 0.1) is 0 Å². The number of hydrogen-bond acceptors (Lipinski definition) is 4. The Balaban J connectivity index is 1.54. The fraction of sp³-hybridized carbons (Fsp3) is 0.696. The number of aromatic hydroxyl groups is 2. The largest absolute Gasteiger partial charge is 0.508 e. The number of benzene rings is 1. The van der Waals surface area contributed by atoms with E-state index >= 15 is 0 Å². The standard InChI is InChI=1S/C23H32O4/c1-3-4-5-21(26)27-20-9-8-18-16-7-6-14-12-15(24)13-19(25)22(14)17(16)10-11-23(18,20)2/h12-13,16-18,20,24-25H,3-11H2,1-2H3/t16-,17-,18-,20-,23-/m0/s1. The van der Waals surface area contributed by atoms with Gasteiger partial charge in [-0.25, -0.2) is 0 Å². The van der Waals surface area contributed by atoms with E-state index in [0.717, 1.165) is 62.5 Å². The van der Waals surface area contributed by atoms with Gasteiger partial charge in [0, 0.05) is 23.5 Å². The lowest BCUT2D eigenvalue weighted by molar-refractivity contribution is -0.157. The fourth-order valence-corrected chi connectivity index (χ4v) is 6.37. The SMILES string of the molecule is CCCCC(=O)O[C@H]1CC[C@H]2[C@H]3CCc4cc(O)cc(O)c4[C@H]3CC[C@]12C. The van der Waals surface area contributed by atoms with Crippen LogP contribution in [0, 0.1) is 17.3 Å². The van der Waals surface area contributed by atoms with Gasteiger partial charge in [-0.05, 0) is 74.3 Å². The van der Waals surface area contributed by atoms with E-state index in [-0.39, 0.29) is 29.0 Å². The van der Waals surface area contributed by atoms with Gasteiger partial charge in [0.25, 0.3) is 0 Å². The van der Waals surface area contributed by atoms with Crippen LogP contribution in [0.2, 0.25) is 0 Å². The first kappa shape index (κ1) is 18.6. The summed E-state index contributed by atoms with van der Waals surface area (Å²) in [5, 5.41) is 20.3. The highest BCUT2D eigenvalue weighted by atomic mass is 16.5. The first-order valence-electron chi connectivity index (χ1n) is 10.7. The van der Waals surface area contributed by atoms with E-state index < -0.39 is 0 Å². The lowest BCUT2D eigenvalue weighted by Gasteiger charge is -2.50. The molecule has 0 aromatic heterocycles. The number of aryl methyl sites for hydroxylation is 1. The minimum absolute atomic E-state index is 0.0343. The third kappa shape index (κ3) is 3.11. The van der Waals surface area contributed by atoms with Crippen molar-refractivity contribution in [2.45, 2.75) is 83.7 Å². The summed E-state index contributed by atoms with van der Waals surface area (Å²) >= 11 is 0. The molecular formula is C23H32O4. The Kier molecular flexibility index (Phi) is 4.85. The molecule has 1 aromatic carbocycles. The summed E-state index contributed by atoms with van der Waals surface area (Å²) in [6, 6.07) is 3.31. The zero-order valence-corrected chi connectivity index (χ0v) is 16.5. The van der Waals surface area contributed by atoms with E-state index in [2.05, 4.69) is 13.8 Å². The van der Waals surface area contributed by atoms with Crippen molar-refractivity contribution in [3.05, 3.63) is 23.3 Å². The molecule has 0 saturated heterocycles. The minimum Gasteiger partial charge on any atom is -0.508 e. The van der Waals surface area contributed by atoms with E-state index in [1.54, 1.807) is 0 Å². The van der Waals surface area contributed by atoms with Crippen molar-refractivity contribution in [1.82, 2.24) is 0 Å². The first-order chi connectivity index (χ1) is 12.9. The van der Waals surface area contributed by atoms with Crippen LogP contribution >= 0.6 is 0 Å². The second-order valence-electron chi connectivity index (χ2n) is 9.16. The molecule has 1 aromatic rings. The molecule has 3 aliphatic rings. The molecule has 4 rings (SSSR count). The van der Waals surface area contributed by atoms with Crippen LogP contribution in [0.1, 0.15) is 82.3 Å². The van der Waals surface area contributed by atoms with E-state index in [4.69, 9.17) is 4.74 Å². The number of carbonyl (C=O) groups is 1. The number of phenols is 2. The number of fused-ring (bicyclic) bond motifs is 5. The third-order valence-electron chi connectivity index (χ3n) is 7.70. The Morgan fingerprint density at radius 3 is 2.81 bits per heavy atom. The molecule has 0 unspecified atom stereocenters. The Bertz CT molecular complexity index is 727. The number of unbranched alkanes of at least 4 members (excludes halogenated alkanes) is 1. The molecule has 0 aliphatic heterocycles. The van der Waals surface area contributed by atoms with Gasteiger partial charge in [-0.1, -0.05) is 20.3 Å². The topological polar surface area (TPSA) is 66.8 Å². The van der Waals surface area contributed by atoms with Crippen LogP contribution in [-0.4, -0.2) is 22.3 Å². The second-order valence-corrected chi connectivity index (χ2v) is 9.16. The maximum absolute atomic E-state index is 12.2. The fourth-order valence-electron chi connectivity index (χ4n) is 6.37. The summed E-state index contributed by atoms with van der Waals surface area (Å²) in [6.07, 6.45) is 8.63. The lowest BCUT2D eigenvalue weighted by Crippen LogP contribution is -2.45. The molecule has 0 radical (unpaired) electrons. The van der Waals surface area contributed by atoms with Crippen molar-refractivity contribution in [1.29, 1.82) is 0 Å². The smallest absolute Gasteiger partial charge is 0.306 e.